The zero-order chi connectivity index (χ0) is 22.8. The fraction of sp³-hybridized carbons (Fsp3) is 0.783. The lowest BCUT2D eigenvalue weighted by atomic mass is 9.70. The molecule has 3 aliphatic heterocycles. The van der Waals surface area contributed by atoms with E-state index < -0.39 is 41.6 Å². The number of carbonyl (C=O) groups excluding carboxylic acids is 3. The van der Waals surface area contributed by atoms with E-state index in [0.717, 1.165) is 19.3 Å². The molecule has 0 aliphatic carbocycles. The molecule has 0 radical (unpaired) electrons. The van der Waals surface area contributed by atoms with Crippen LogP contribution in [0.25, 0.3) is 0 Å². The number of likely N-dealkylation sites (tertiary alicyclic amines) is 1. The highest BCUT2D eigenvalue weighted by Crippen LogP contribution is 2.59. The minimum atomic E-state index is -1.05. The van der Waals surface area contributed by atoms with E-state index in [-0.39, 0.29) is 25.0 Å². The summed E-state index contributed by atoms with van der Waals surface area (Å²) in [6, 6.07) is -1.42. The van der Waals surface area contributed by atoms with E-state index in [1.165, 1.54) is 4.90 Å². The smallest absolute Gasteiger partial charge is 0.312 e. The Bertz CT molecular complexity index is 712. The first kappa shape index (κ1) is 23.7. The Morgan fingerprint density at radius 2 is 2.16 bits per heavy atom. The van der Waals surface area contributed by atoms with Crippen molar-refractivity contribution in [3.05, 3.63) is 12.7 Å². The highest BCUT2D eigenvalue weighted by molar-refractivity contribution is 5.98. The first-order valence-electron chi connectivity index (χ1n) is 11.5. The molecule has 31 heavy (non-hydrogen) atoms. The predicted octanol–water partition coefficient (Wildman–Crippen LogP) is 1.51. The van der Waals surface area contributed by atoms with Crippen LogP contribution in [0.15, 0.2) is 12.7 Å². The number of amides is 2. The van der Waals surface area contributed by atoms with Crippen LogP contribution in [0.2, 0.25) is 0 Å². The topological polar surface area (TPSA) is 96.4 Å². The monoisotopic (exact) mass is 436 g/mol. The molecule has 174 valence electrons. The van der Waals surface area contributed by atoms with Crippen LogP contribution in [-0.4, -0.2) is 82.8 Å². The van der Waals surface area contributed by atoms with Gasteiger partial charge in [0.15, 0.2) is 0 Å². The molecule has 3 heterocycles. The van der Waals surface area contributed by atoms with Gasteiger partial charge in [-0.25, -0.2) is 0 Å². The molecule has 0 saturated carbocycles. The van der Waals surface area contributed by atoms with Gasteiger partial charge < -0.3 is 24.4 Å². The van der Waals surface area contributed by atoms with Crippen molar-refractivity contribution in [3.63, 3.8) is 0 Å². The van der Waals surface area contributed by atoms with Crippen LogP contribution >= 0.6 is 0 Å². The number of esters is 1. The van der Waals surface area contributed by atoms with E-state index in [4.69, 9.17) is 9.47 Å². The number of hydrogen-bond acceptors (Lipinski definition) is 6. The molecule has 2 amide bonds. The van der Waals surface area contributed by atoms with Crippen LogP contribution in [0.4, 0.5) is 0 Å². The van der Waals surface area contributed by atoms with Gasteiger partial charge in [0.1, 0.15) is 11.6 Å². The maximum absolute atomic E-state index is 13.8. The van der Waals surface area contributed by atoms with Crippen LogP contribution in [0, 0.1) is 11.8 Å². The standard InChI is InChI=1S/C23H36N2O6/c1-5-8-9-13-24(12-6-2)21(28)19-23-11-10-16(31-23)17(22(29)30-7-3)18(23)20(27)25(19)15(4)14-26/h6,15-19,26H,2,5,7-14H2,1,3-4H3/t15-,16-,17+,18+,19?,23?/m1/s1. The summed E-state index contributed by atoms with van der Waals surface area (Å²) in [6.45, 7) is 10.2. The van der Waals surface area contributed by atoms with Gasteiger partial charge in [-0.2, -0.15) is 0 Å². The van der Waals surface area contributed by atoms with Crippen molar-refractivity contribution in [2.24, 2.45) is 11.8 Å². The van der Waals surface area contributed by atoms with Crippen molar-refractivity contribution in [3.8, 4) is 0 Å². The summed E-state index contributed by atoms with van der Waals surface area (Å²) in [5.41, 5.74) is -1.05. The van der Waals surface area contributed by atoms with Crippen molar-refractivity contribution in [2.75, 3.05) is 26.3 Å². The molecule has 0 aromatic carbocycles. The summed E-state index contributed by atoms with van der Waals surface area (Å²) >= 11 is 0. The molecular formula is C23H36N2O6. The molecule has 0 aromatic rings. The number of hydrogen-bond donors (Lipinski definition) is 1. The molecular weight excluding hydrogens is 400 g/mol. The highest BCUT2D eigenvalue weighted by atomic mass is 16.6. The number of unbranched alkanes of at least 4 members (excludes halogenated alkanes) is 2. The zero-order valence-corrected chi connectivity index (χ0v) is 18.9. The Kier molecular flexibility index (Phi) is 7.42. The maximum atomic E-state index is 13.8. The Balaban J connectivity index is 1.98. The number of fused-ring (bicyclic) bond motifs is 1. The molecule has 3 fully saturated rings. The number of aliphatic hydroxyl groups excluding tert-OH is 1. The SMILES string of the molecule is C=CCN(CCCCC)C(=O)C1N([C@H](C)CO)C(=O)[C@@H]2[C@@H](C(=O)OCC)[C@H]3CCC12O3. The van der Waals surface area contributed by atoms with Crippen molar-refractivity contribution in [1.82, 2.24) is 9.80 Å². The quantitative estimate of drug-likeness (QED) is 0.300. The first-order chi connectivity index (χ1) is 14.9. The molecule has 2 unspecified atom stereocenters. The highest BCUT2D eigenvalue weighted by Gasteiger charge is 2.75. The molecule has 3 rings (SSSR count). The number of nitrogens with zero attached hydrogens (tertiary/aromatic N) is 2. The van der Waals surface area contributed by atoms with Gasteiger partial charge in [-0.05, 0) is 33.1 Å². The van der Waals surface area contributed by atoms with Crippen LogP contribution < -0.4 is 0 Å². The van der Waals surface area contributed by atoms with Gasteiger partial charge in [0.05, 0.1) is 37.2 Å². The van der Waals surface area contributed by atoms with Crippen molar-refractivity contribution in [1.29, 1.82) is 0 Å². The van der Waals surface area contributed by atoms with E-state index in [1.807, 2.05) is 0 Å². The van der Waals surface area contributed by atoms with Crippen LogP contribution in [0.3, 0.4) is 0 Å². The Hall–Kier alpha value is -1.93. The van der Waals surface area contributed by atoms with Gasteiger partial charge in [-0.1, -0.05) is 25.8 Å². The fourth-order valence-electron chi connectivity index (χ4n) is 5.61. The van der Waals surface area contributed by atoms with Gasteiger partial charge in [-0.15, -0.1) is 6.58 Å². The third-order valence-corrected chi connectivity index (χ3v) is 6.96. The van der Waals surface area contributed by atoms with Gasteiger partial charge in [-0.3, -0.25) is 14.4 Å². The van der Waals surface area contributed by atoms with Gasteiger partial charge in [0.25, 0.3) is 0 Å². The third kappa shape index (κ3) is 3.89. The Morgan fingerprint density at radius 1 is 1.42 bits per heavy atom. The average molecular weight is 437 g/mol. The van der Waals surface area contributed by atoms with E-state index >= 15 is 0 Å². The molecule has 3 saturated heterocycles. The largest absolute Gasteiger partial charge is 0.466 e. The second-order valence-corrected chi connectivity index (χ2v) is 8.87. The summed E-state index contributed by atoms with van der Waals surface area (Å²) in [5, 5.41) is 9.85. The van der Waals surface area contributed by atoms with Gasteiger partial charge in [0, 0.05) is 13.1 Å². The number of aliphatic hydroxyl groups is 1. The van der Waals surface area contributed by atoms with Crippen molar-refractivity contribution in [2.45, 2.75) is 76.7 Å². The molecule has 1 N–H and O–H groups in total. The van der Waals surface area contributed by atoms with Crippen molar-refractivity contribution >= 4 is 17.8 Å². The maximum Gasteiger partial charge on any atom is 0.312 e. The molecule has 6 atom stereocenters. The van der Waals surface area contributed by atoms with Gasteiger partial charge in [0.2, 0.25) is 11.8 Å². The molecule has 2 bridgehead atoms. The second kappa shape index (κ2) is 9.69. The summed E-state index contributed by atoms with van der Waals surface area (Å²) in [4.78, 5) is 43.3. The lowest BCUT2D eigenvalue weighted by Gasteiger charge is -2.38. The van der Waals surface area contributed by atoms with Crippen LogP contribution in [0.5, 0.6) is 0 Å². The predicted molar refractivity (Wildman–Crippen MR) is 114 cm³/mol. The zero-order valence-electron chi connectivity index (χ0n) is 18.9. The van der Waals surface area contributed by atoms with E-state index in [1.54, 1.807) is 24.8 Å². The average Bonchev–Trinajstić information content (AvgIpc) is 3.39. The van der Waals surface area contributed by atoms with Crippen LogP contribution in [0.1, 0.15) is 52.9 Å². The van der Waals surface area contributed by atoms with E-state index in [0.29, 0.717) is 25.9 Å². The minimum Gasteiger partial charge on any atom is -0.466 e. The van der Waals surface area contributed by atoms with E-state index in [9.17, 15) is 19.5 Å². The summed E-state index contributed by atoms with van der Waals surface area (Å²) < 4.78 is 11.6. The van der Waals surface area contributed by atoms with Gasteiger partial charge >= 0.3 is 5.97 Å². The Morgan fingerprint density at radius 3 is 2.77 bits per heavy atom. The van der Waals surface area contributed by atoms with E-state index in [2.05, 4.69) is 13.5 Å². The normalized spacial score (nSPS) is 32.1. The molecule has 8 heteroatoms. The summed E-state index contributed by atoms with van der Waals surface area (Å²) in [7, 11) is 0. The third-order valence-electron chi connectivity index (χ3n) is 6.96. The molecule has 8 nitrogen and oxygen atoms in total. The number of ether oxygens (including phenoxy) is 2. The molecule has 0 aromatic heterocycles. The van der Waals surface area contributed by atoms with Crippen molar-refractivity contribution < 1.29 is 29.0 Å². The minimum absolute atomic E-state index is 0.197. The second-order valence-electron chi connectivity index (χ2n) is 8.87. The summed E-state index contributed by atoms with van der Waals surface area (Å²) in [5.74, 6) is -2.40. The molecule has 3 aliphatic rings. The first-order valence-corrected chi connectivity index (χ1v) is 11.5. The summed E-state index contributed by atoms with van der Waals surface area (Å²) in [6.07, 6.45) is 5.30. The van der Waals surface area contributed by atoms with Crippen LogP contribution in [-0.2, 0) is 23.9 Å². The fourth-order valence-corrected chi connectivity index (χ4v) is 5.61. The Labute approximate surface area is 184 Å². The lowest BCUT2D eigenvalue weighted by molar-refractivity contribution is -0.156. The number of rotatable bonds is 11. The lowest BCUT2D eigenvalue weighted by Crippen LogP contribution is -2.58. The number of carbonyl (C=O) groups is 3. The molecule has 1 spiro atoms.